The Morgan fingerprint density at radius 1 is 1.31 bits per heavy atom. The second kappa shape index (κ2) is 5.55. The summed E-state index contributed by atoms with van der Waals surface area (Å²) >= 11 is 0. The molecule has 0 aromatic heterocycles. The number of hydrogen-bond acceptors (Lipinski definition) is 7. The molecule has 0 aromatic carbocycles. The van der Waals surface area contributed by atoms with Crippen LogP contribution in [0.4, 0.5) is 0 Å². The Morgan fingerprint density at radius 2 is 1.94 bits per heavy atom. The fraction of sp³-hybridized carbons (Fsp3) is 0.889. The van der Waals surface area contributed by atoms with Gasteiger partial charge in [0.25, 0.3) is 0 Å². The lowest BCUT2D eigenvalue weighted by atomic mass is 9.99. The van der Waals surface area contributed by atoms with Crippen LogP contribution in [0.2, 0.25) is 0 Å². The number of esters is 1. The molecule has 0 spiro atoms. The number of hydrogen-bond donors (Lipinski definition) is 3. The monoisotopic (exact) mass is 236 g/mol. The van der Waals surface area contributed by atoms with Crippen LogP contribution in [0.3, 0.4) is 0 Å². The maximum Gasteiger partial charge on any atom is 0.303 e. The minimum Gasteiger partial charge on any atom is -0.457 e. The molecule has 0 bridgehead atoms. The van der Waals surface area contributed by atoms with Crippen LogP contribution in [0.5, 0.6) is 0 Å². The van der Waals surface area contributed by atoms with Gasteiger partial charge in [-0.1, -0.05) is 0 Å². The van der Waals surface area contributed by atoms with Crippen LogP contribution in [0, 0.1) is 0 Å². The standard InChI is InChI=1S/C9H16O7/c1-4(10)15-8-6(11)5(3-14-2)16-9(13)7(8)12/h5-9,11-13H,3H2,1-2H3/t5-,6-,7-,8+,9-/m1/s1. The summed E-state index contributed by atoms with van der Waals surface area (Å²) in [6, 6.07) is 0. The van der Waals surface area contributed by atoms with Crippen LogP contribution >= 0.6 is 0 Å². The summed E-state index contributed by atoms with van der Waals surface area (Å²) in [5.74, 6) is -0.659. The Morgan fingerprint density at radius 3 is 2.44 bits per heavy atom. The Bertz CT molecular complexity index is 244. The zero-order valence-electron chi connectivity index (χ0n) is 9.07. The van der Waals surface area contributed by atoms with Crippen LogP contribution in [-0.4, -0.2) is 65.7 Å². The molecule has 7 nitrogen and oxygen atoms in total. The summed E-state index contributed by atoms with van der Waals surface area (Å²) in [7, 11) is 1.40. The van der Waals surface area contributed by atoms with E-state index >= 15 is 0 Å². The number of aliphatic hydroxyl groups is 3. The van der Waals surface area contributed by atoms with Crippen molar-refractivity contribution in [3.05, 3.63) is 0 Å². The van der Waals surface area contributed by atoms with Gasteiger partial charge < -0.3 is 29.5 Å². The van der Waals surface area contributed by atoms with Crippen molar-refractivity contribution in [2.24, 2.45) is 0 Å². The molecule has 0 radical (unpaired) electrons. The van der Waals surface area contributed by atoms with Crippen LogP contribution < -0.4 is 0 Å². The van der Waals surface area contributed by atoms with E-state index in [9.17, 15) is 20.1 Å². The van der Waals surface area contributed by atoms with Gasteiger partial charge in [0.05, 0.1) is 6.61 Å². The fourth-order valence-electron chi connectivity index (χ4n) is 1.55. The van der Waals surface area contributed by atoms with Crippen molar-refractivity contribution in [2.75, 3.05) is 13.7 Å². The Balaban J connectivity index is 2.73. The summed E-state index contributed by atoms with van der Waals surface area (Å²) in [6.07, 6.45) is -6.32. The third-order valence-corrected chi connectivity index (χ3v) is 2.29. The van der Waals surface area contributed by atoms with Crippen LogP contribution in [0.1, 0.15) is 6.92 Å². The molecule has 1 heterocycles. The molecule has 1 fully saturated rings. The SMILES string of the molecule is COC[C@H]1O[C@@H](O)[C@H](O)[C@@H](OC(C)=O)[C@@H]1O. The van der Waals surface area contributed by atoms with E-state index in [0.29, 0.717) is 0 Å². The Kier molecular flexibility index (Phi) is 4.63. The van der Waals surface area contributed by atoms with E-state index < -0.39 is 36.7 Å². The summed E-state index contributed by atoms with van der Waals surface area (Å²) in [5.41, 5.74) is 0. The van der Waals surface area contributed by atoms with Gasteiger partial charge in [0.1, 0.15) is 18.3 Å². The first-order valence-corrected chi connectivity index (χ1v) is 4.83. The molecule has 0 unspecified atom stereocenters. The lowest BCUT2D eigenvalue weighted by molar-refractivity contribution is -0.290. The molecule has 94 valence electrons. The number of rotatable bonds is 3. The molecule has 16 heavy (non-hydrogen) atoms. The number of aliphatic hydroxyl groups excluding tert-OH is 3. The first-order valence-electron chi connectivity index (χ1n) is 4.83. The third-order valence-electron chi connectivity index (χ3n) is 2.29. The predicted molar refractivity (Wildman–Crippen MR) is 50.3 cm³/mol. The maximum absolute atomic E-state index is 10.8. The average molecular weight is 236 g/mol. The largest absolute Gasteiger partial charge is 0.457 e. The zero-order valence-corrected chi connectivity index (χ0v) is 9.07. The molecule has 3 N–H and O–H groups in total. The highest BCUT2D eigenvalue weighted by molar-refractivity contribution is 5.66. The van der Waals surface area contributed by atoms with Crippen molar-refractivity contribution in [1.82, 2.24) is 0 Å². The van der Waals surface area contributed by atoms with E-state index in [2.05, 4.69) is 0 Å². The molecule has 5 atom stereocenters. The van der Waals surface area contributed by atoms with E-state index in [1.165, 1.54) is 7.11 Å². The van der Waals surface area contributed by atoms with Gasteiger partial charge >= 0.3 is 5.97 Å². The van der Waals surface area contributed by atoms with Crippen LogP contribution in [0.15, 0.2) is 0 Å². The van der Waals surface area contributed by atoms with Gasteiger partial charge in [0.2, 0.25) is 0 Å². The van der Waals surface area contributed by atoms with Crippen molar-refractivity contribution in [2.45, 2.75) is 37.6 Å². The highest BCUT2D eigenvalue weighted by Gasteiger charge is 2.45. The third kappa shape index (κ3) is 2.89. The van der Waals surface area contributed by atoms with Crippen molar-refractivity contribution >= 4 is 5.97 Å². The van der Waals surface area contributed by atoms with Gasteiger partial charge in [-0.2, -0.15) is 0 Å². The zero-order chi connectivity index (χ0) is 12.3. The fourth-order valence-corrected chi connectivity index (χ4v) is 1.55. The number of carbonyl (C=O) groups is 1. The van der Waals surface area contributed by atoms with E-state index in [1.54, 1.807) is 0 Å². The summed E-state index contributed by atoms with van der Waals surface area (Å²) in [6.45, 7) is 1.16. The van der Waals surface area contributed by atoms with Gasteiger partial charge in [0, 0.05) is 14.0 Å². The molecule has 0 amide bonds. The number of methoxy groups -OCH3 is 1. The smallest absolute Gasteiger partial charge is 0.303 e. The minimum absolute atomic E-state index is 0.0166. The summed E-state index contributed by atoms with van der Waals surface area (Å²) in [5, 5.41) is 28.6. The van der Waals surface area contributed by atoms with E-state index in [0.717, 1.165) is 6.92 Å². The van der Waals surface area contributed by atoms with Gasteiger partial charge in [-0.15, -0.1) is 0 Å². The maximum atomic E-state index is 10.8. The molecule has 1 aliphatic heterocycles. The van der Waals surface area contributed by atoms with E-state index in [-0.39, 0.29) is 6.61 Å². The second-order valence-corrected chi connectivity index (χ2v) is 3.58. The molecular formula is C9H16O7. The van der Waals surface area contributed by atoms with Crippen molar-refractivity contribution in [3.8, 4) is 0 Å². The van der Waals surface area contributed by atoms with Gasteiger partial charge in [-0.05, 0) is 0 Å². The minimum atomic E-state index is -1.52. The molecule has 0 aromatic rings. The Hall–Kier alpha value is -0.730. The highest BCUT2D eigenvalue weighted by atomic mass is 16.7. The van der Waals surface area contributed by atoms with Gasteiger partial charge in [-0.25, -0.2) is 0 Å². The van der Waals surface area contributed by atoms with Crippen LogP contribution in [0.25, 0.3) is 0 Å². The van der Waals surface area contributed by atoms with Crippen molar-refractivity contribution in [3.63, 3.8) is 0 Å². The topological polar surface area (TPSA) is 105 Å². The average Bonchev–Trinajstić information content (AvgIpc) is 2.21. The van der Waals surface area contributed by atoms with Gasteiger partial charge in [-0.3, -0.25) is 4.79 Å². The van der Waals surface area contributed by atoms with Gasteiger partial charge in [0.15, 0.2) is 12.4 Å². The lowest BCUT2D eigenvalue weighted by Gasteiger charge is -2.39. The first-order chi connectivity index (χ1) is 7.47. The number of carbonyl (C=O) groups excluding carboxylic acids is 1. The Labute approximate surface area is 92.5 Å². The normalized spacial score (nSPS) is 39.4. The second-order valence-electron chi connectivity index (χ2n) is 3.58. The van der Waals surface area contributed by atoms with E-state index in [4.69, 9.17) is 14.2 Å². The number of ether oxygens (including phenoxy) is 3. The molecule has 7 heteroatoms. The van der Waals surface area contributed by atoms with E-state index in [1.807, 2.05) is 0 Å². The predicted octanol–water partition coefficient (Wildman–Crippen LogP) is -2.00. The molecule has 1 rings (SSSR count). The molecular weight excluding hydrogens is 220 g/mol. The molecule has 1 saturated heterocycles. The summed E-state index contributed by atoms with van der Waals surface area (Å²) in [4.78, 5) is 10.8. The van der Waals surface area contributed by atoms with Crippen LogP contribution in [-0.2, 0) is 19.0 Å². The molecule has 0 aliphatic carbocycles. The summed E-state index contributed by atoms with van der Waals surface area (Å²) < 4.78 is 14.4. The quantitative estimate of drug-likeness (QED) is 0.487. The lowest BCUT2D eigenvalue weighted by Crippen LogP contribution is -2.59. The highest BCUT2D eigenvalue weighted by Crippen LogP contribution is 2.22. The molecule has 0 saturated carbocycles. The molecule has 1 aliphatic rings. The van der Waals surface area contributed by atoms with Crippen molar-refractivity contribution in [1.29, 1.82) is 0 Å². The first kappa shape index (κ1) is 13.3. The van der Waals surface area contributed by atoms with Crippen molar-refractivity contribution < 1.29 is 34.3 Å².